The van der Waals surface area contributed by atoms with E-state index < -0.39 is 0 Å². The van der Waals surface area contributed by atoms with Crippen LogP contribution in [-0.4, -0.2) is 19.3 Å². The smallest absolute Gasteiger partial charge is 0.123 e. The predicted molar refractivity (Wildman–Crippen MR) is 61.7 cm³/mol. The lowest BCUT2D eigenvalue weighted by Gasteiger charge is -2.31. The molecule has 13 heavy (non-hydrogen) atoms. The van der Waals surface area contributed by atoms with E-state index in [1.807, 2.05) is 0 Å². The first-order valence-corrected chi connectivity index (χ1v) is 5.77. The molecule has 1 unspecified atom stereocenters. The summed E-state index contributed by atoms with van der Waals surface area (Å²) in [4.78, 5) is 0. The summed E-state index contributed by atoms with van der Waals surface area (Å²) in [6.07, 6.45) is 3.97. The molecule has 3 atom stereocenters. The molecule has 1 heterocycles. The Labute approximate surface area is 84.1 Å². The van der Waals surface area contributed by atoms with Crippen molar-refractivity contribution in [1.29, 1.82) is 0 Å². The van der Waals surface area contributed by atoms with Gasteiger partial charge in [0.05, 0.1) is 0 Å². The van der Waals surface area contributed by atoms with Crippen LogP contribution in [0, 0.1) is 11.8 Å². The summed E-state index contributed by atoms with van der Waals surface area (Å²) in [6.45, 7) is 9.34. The van der Waals surface area contributed by atoms with E-state index in [1.165, 1.54) is 19.3 Å². The highest BCUT2D eigenvalue weighted by Gasteiger charge is 2.39. The highest BCUT2D eigenvalue weighted by atomic mass is 15.0. The van der Waals surface area contributed by atoms with Gasteiger partial charge in [0.25, 0.3) is 0 Å². The maximum Gasteiger partial charge on any atom is 0.123 e. The quantitative estimate of drug-likeness (QED) is 0.654. The zero-order chi connectivity index (χ0) is 10.1. The fraction of sp³-hybridized carbons (Fsp3) is 1.00. The van der Waals surface area contributed by atoms with Crippen LogP contribution in [-0.2, 0) is 0 Å². The summed E-state index contributed by atoms with van der Waals surface area (Å²) in [5.41, 5.74) is 0.451. The Morgan fingerprint density at radius 3 is 2.46 bits per heavy atom. The molecule has 0 saturated carbocycles. The first-order valence-electron chi connectivity index (χ1n) is 5.77. The van der Waals surface area contributed by atoms with E-state index in [4.69, 9.17) is 0 Å². The van der Waals surface area contributed by atoms with Gasteiger partial charge in [-0.25, -0.2) is 0 Å². The van der Waals surface area contributed by atoms with Crippen molar-refractivity contribution in [2.75, 3.05) is 0 Å². The zero-order valence-corrected chi connectivity index (χ0v) is 9.85. The minimum atomic E-state index is 0.451. The SMILES string of the molecule is BC1N[C@@](CC)(CC(C)C)C[C@@H]1C. The average Bonchev–Trinajstić information content (AvgIpc) is 2.27. The Morgan fingerprint density at radius 1 is 1.54 bits per heavy atom. The van der Waals surface area contributed by atoms with E-state index in [1.54, 1.807) is 0 Å². The fourth-order valence-corrected chi connectivity index (χ4v) is 2.79. The molecule has 0 radical (unpaired) electrons. The van der Waals surface area contributed by atoms with Crippen LogP contribution in [0.3, 0.4) is 0 Å². The molecule has 0 aliphatic carbocycles. The van der Waals surface area contributed by atoms with Crippen molar-refractivity contribution in [1.82, 2.24) is 5.32 Å². The van der Waals surface area contributed by atoms with Crippen molar-refractivity contribution in [2.24, 2.45) is 11.8 Å². The molecule has 0 aromatic rings. The Bertz CT molecular complexity index is 152. The van der Waals surface area contributed by atoms with E-state index >= 15 is 0 Å². The molecule has 1 aliphatic rings. The van der Waals surface area contributed by atoms with Crippen LogP contribution in [0.4, 0.5) is 0 Å². The Kier molecular flexibility index (Phi) is 3.45. The van der Waals surface area contributed by atoms with Gasteiger partial charge in [0, 0.05) is 5.54 Å². The average molecular weight is 181 g/mol. The van der Waals surface area contributed by atoms with E-state index in [2.05, 4.69) is 40.9 Å². The van der Waals surface area contributed by atoms with Gasteiger partial charge in [-0.15, -0.1) is 0 Å². The number of hydrogen-bond acceptors (Lipinski definition) is 1. The predicted octanol–water partition coefficient (Wildman–Crippen LogP) is 1.77. The third kappa shape index (κ3) is 2.49. The van der Waals surface area contributed by atoms with Crippen LogP contribution in [0.15, 0.2) is 0 Å². The van der Waals surface area contributed by atoms with Crippen LogP contribution >= 0.6 is 0 Å². The molecule has 76 valence electrons. The van der Waals surface area contributed by atoms with Crippen molar-refractivity contribution < 1.29 is 0 Å². The minimum Gasteiger partial charge on any atom is -0.316 e. The second-order valence-corrected chi connectivity index (χ2v) is 5.35. The molecule has 1 nitrogen and oxygen atoms in total. The lowest BCUT2D eigenvalue weighted by atomic mass is 9.81. The molecule has 0 aromatic heterocycles. The molecular formula is C11H24BN. The number of nitrogens with one attached hydrogen (secondary N) is 1. The molecule has 0 aromatic carbocycles. The van der Waals surface area contributed by atoms with Crippen LogP contribution < -0.4 is 5.32 Å². The first kappa shape index (κ1) is 11.1. The van der Waals surface area contributed by atoms with Crippen molar-refractivity contribution in [3.8, 4) is 0 Å². The van der Waals surface area contributed by atoms with Crippen molar-refractivity contribution in [3.05, 3.63) is 0 Å². The first-order chi connectivity index (χ1) is 5.99. The molecule has 0 spiro atoms. The van der Waals surface area contributed by atoms with E-state index in [0.717, 1.165) is 11.8 Å². The van der Waals surface area contributed by atoms with Gasteiger partial charge >= 0.3 is 0 Å². The monoisotopic (exact) mass is 181 g/mol. The lowest BCUT2D eigenvalue weighted by molar-refractivity contribution is 0.286. The fourth-order valence-electron chi connectivity index (χ4n) is 2.79. The largest absolute Gasteiger partial charge is 0.316 e. The Hall–Kier alpha value is 0.0249. The molecule has 1 fully saturated rings. The van der Waals surface area contributed by atoms with Gasteiger partial charge < -0.3 is 5.32 Å². The van der Waals surface area contributed by atoms with Gasteiger partial charge in [0.15, 0.2) is 0 Å². The summed E-state index contributed by atoms with van der Waals surface area (Å²) in [5, 5.41) is 3.80. The van der Waals surface area contributed by atoms with Gasteiger partial charge in [-0.05, 0) is 37.0 Å². The topological polar surface area (TPSA) is 12.0 Å². The maximum atomic E-state index is 3.80. The van der Waals surface area contributed by atoms with Crippen molar-refractivity contribution >= 4 is 7.85 Å². The Balaban J connectivity index is 2.62. The van der Waals surface area contributed by atoms with Gasteiger partial charge in [-0.1, -0.05) is 27.7 Å². The van der Waals surface area contributed by atoms with Crippen LogP contribution in [0.2, 0.25) is 0 Å². The summed E-state index contributed by atoms with van der Waals surface area (Å²) in [6, 6.07) is 0. The molecule has 0 bridgehead atoms. The highest BCUT2D eigenvalue weighted by molar-refractivity contribution is 6.12. The molecule has 1 N–H and O–H groups in total. The normalized spacial score (nSPS) is 40.1. The summed E-state index contributed by atoms with van der Waals surface area (Å²) < 4.78 is 0. The van der Waals surface area contributed by atoms with Crippen LogP contribution in [0.5, 0.6) is 0 Å². The number of hydrogen-bond donors (Lipinski definition) is 1. The van der Waals surface area contributed by atoms with Gasteiger partial charge in [0.1, 0.15) is 7.85 Å². The van der Waals surface area contributed by atoms with Crippen LogP contribution in [0.1, 0.15) is 47.0 Å². The third-order valence-corrected chi connectivity index (χ3v) is 3.58. The second-order valence-electron chi connectivity index (χ2n) is 5.35. The summed E-state index contributed by atoms with van der Waals surface area (Å²) in [5.74, 6) is 2.36. The molecular weight excluding hydrogens is 157 g/mol. The van der Waals surface area contributed by atoms with E-state index in [9.17, 15) is 0 Å². The molecule has 0 amide bonds. The summed E-state index contributed by atoms with van der Waals surface area (Å²) in [7, 11) is 2.32. The molecule has 1 aliphatic heterocycles. The Morgan fingerprint density at radius 2 is 2.15 bits per heavy atom. The van der Waals surface area contributed by atoms with E-state index in [0.29, 0.717) is 11.5 Å². The summed E-state index contributed by atoms with van der Waals surface area (Å²) >= 11 is 0. The maximum absolute atomic E-state index is 3.80. The van der Waals surface area contributed by atoms with Crippen molar-refractivity contribution in [3.63, 3.8) is 0 Å². The highest BCUT2D eigenvalue weighted by Crippen LogP contribution is 2.34. The molecule has 1 rings (SSSR count). The molecule has 1 saturated heterocycles. The van der Waals surface area contributed by atoms with E-state index in [-0.39, 0.29) is 0 Å². The van der Waals surface area contributed by atoms with Gasteiger partial charge in [-0.2, -0.15) is 0 Å². The standard InChI is InChI=1S/C11H24BN/c1-5-11(6-8(2)3)7-9(4)10(12)13-11/h8-10,13H,5-7,12H2,1-4H3/t9-,10?,11-/m0/s1. The van der Waals surface area contributed by atoms with Gasteiger partial charge in [-0.3, -0.25) is 0 Å². The minimum absolute atomic E-state index is 0.451. The number of rotatable bonds is 3. The zero-order valence-electron chi connectivity index (χ0n) is 9.85. The van der Waals surface area contributed by atoms with Crippen LogP contribution in [0.25, 0.3) is 0 Å². The second kappa shape index (κ2) is 4.04. The third-order valence-electron chi connectivity index (χ3n) is 3.58. The molecule has 2 heteroatoms. The lowest BCUT2D eigenvalue weighted by Crippen LogP contribution is -2.43. The van der Waals surface area contributed by atoms with Crippen molar-refractivity contribution in [2.45, 2.75) is 58.4 Å². The van der Waals surface area contributed by atoms with Gasteiger partial charge in [0.2, 0.25) is 0 Å².